The smallest absolute Gasteiger partial charge is 0.307 e. The van der Waals surface area contributed by atoms with Gasteiger partial charge in [-0.2, -0.15) is 0 Å². The summed E-state index contributed by atoms with van der Waals surface area (Å²) in [7, 11) is 0. The Hall–Kier alpha value is -1.06. The summed E-state index contributed by atoms with van der Waals surface area (Å²) in [5.41, 5.74) is 0. The lowest BCUT2D eigenvalue weighted by atomic mass is 9.97. The van der Waals surface area contributed by atoms with E-state index in [1.54, 1.807) is 0 Å². The molecule has 0 saturated heterocycles. The molecule has 0 fully saturated rings. The van der Waals surface area contributed by atoms with Crippen molar-refractivity contribution in [2.45, 2.75) is 13.8 Å². The first-order valence-corrected chi connectivity index (χ1v) is 2.92. The molecule has 2 atom stereocenters. The van der Waals surface area contributed by atoms with Gasteiger partial charge in [-0.15, -0.1) is 0 Å². The van der Waals surface area contributed by atoms with E-state index in [4.69, 9.17) is 10.2 Å². The normalized spacial score (nSPS) is 15.8. The minimum atomic E-state index is -1.07. The van der Waals surface area contributed by atoms with Gasteiger partial charge in [-0.1, -0.05) is 13.8 Å². The van der Waals surface area contributed by atoms with Crippen molar-refractivity contribution < 1.29 is 19.8 Å². The van der Waals surface area contributed by atoms with E-state index in [9.17, 15) is 9.59 Å². The molecular formula is C6H10O4. The van der Waals surface area contributed by atoms with E-state index in [1.807, 2.05) is 0 Å². The average Bonchev–Trinajstić information content (AvgIpc) is 1.84. The molecule has 0 amide bonds. The molecule has 0 aromatic carbocycles. The Morgan fingerprint density at radius 1 is 1.00 bits per heavy atom. The van der Waals surface area contributed by atoms with Crippen molar-refractivity contribution in [1.29, 1.82) is 0 Å². The second-order valence-electron chi connectivity index (χ2n) is 2.25. The Kier molecular flexibility index (Phi) is 2.86. The first kappa shape index (κ1) is 8.94. The third-order valence-corrected chi connectivity index (χ3v) is 1.53. The van der Waals surface area contributed by atoms with E-state index in [1.165, 1.54) is 13.8 Å². The van der Waals surface area contributed by atoms with Gasteiger partial charge in [-0.3, -0.25) is 9.59 Å². The molecular weight excluding hydrogens is 136 g/mol. The highest BCUT2D eigenvalue weighted by molar-refractivity contribution is 5.79. The fraction of sp³-hybridized carbons (Fsp3) is 0.667. The summed E-state index contributed by atoms with van der Waals surface area (Å²) in [5.74, 6) is -3.79. The molecule has 0 spiro atoms. The van der Waals surface area contributed by atoms with Crippen molar-refractivity contribution in [3.63, 3.8) is 0 Å². The van der Waals surface area contributed by atoms with Crippen LogP contribution in [0.4, 0.5) is 0 Å². The SMILES string of the molecule is C[C@@H](C(=O)O)[C@@H](C)C(=O)O. The monoisotopic (exact) mass is 146 g/mol. The number of carboxylic acid groups (broad SMARTS) is 2. The largest absolute Gasteiger partial charge is 0.481 e. The molecule has 0 bridgehead atoms. The van der Waals surface area contributed by atoms with Crippen molar-refractivity contribution in [3.05, 3.63) is 0 Å². The molecule has 0 saturated carbocycles. The Balaban J connectivity index is 4.07. The first-order chi connectivity index (χ1) is 4.46. The van der Waals surface area contributed by atoms with Gasteiger partial charge in [0.15, 0.2) is 0 Å². The highest BCUT2D eigenvalue weighted by atomic mass is 16.4. The average molecular weight is 146 g/mol. The lowest BCUT2D eigenvalue weighted by Gasteiger charge is -2.09. The van der Waals surface area contributed by atoms with Crippen LogP contribution >= 0.6 is 0 Å². The van der Waals surface area contributed by atoms with Crippen molar-refractivity contribution >= 4 is 11.9 Å². The predicted molar refractivity (Wildman–Crippen MR) is 33.6 cm³/mol. The topological polar surface area (TPSA) is 74.6 Å². The molecule has 0 aliphatic heterocycles. The number of aliphatic carboxylic acids is 2. The van der Waals surface area contributed by atoms with Gasteiger partial charge >= 0.3 is 11.9 Å². The Bertz CT molecular complexity index is 134. The zero-order valence-corrected chi connectivity index (χ0v) is 5.87. The molecule has 0 aliphatic rings. The minimum Gasteiger partial charge on any atom is -0.481 e. The zero-order chi connectivity index (χ0) is 8.31. The van der Waals surface area contributed by atoms with Crippen LogP contribution in [0.15, 0.2) is 0 Å². The fourth-order valence-electron chi connectivity index (χ4n) is 0.428. The van der Waals surface area contributed by atoms with Crippen LogP contribution < -0.4 is 0 Å². The van der Waals surface area contributed by atoms with Crippen LogP contribution in [-0.4, -0.2) is 22.2 Å². The molecule has 10 heavy (non-hydrogen) atoms. The minimum absolute atomic E-state index is 0.822. The van der Waals surface area contributed by atoms with Gasteiger partial charge in [0.2, 0.25) is 0 Å². The second-order valence-corrected chi connectivity index (χ2v) is 2.25. The second kappa shape index (κ2) is 3.20. The first-order valence-electron chi connectivity index (χ1n) is 2.92. The van der Waals surface area contributed by atoms with E-state index >= 15 is 0 Å². The van der Waals surface area contributed by atoms with Crippen LogP contribution in [-0.2, 0) is 9.59 Å². The Morgan fingerprint density at radius 3 is 1.30 bits per heavy atom. The maximum absolute atomic E-state index is 10.2. The third kappa shape index (κ3) is 2.05. The quantitative estimate of drug-likeness (QED) is 0.605. The van der Waals surface area contributed by atoms with Crippen LogP contribution in [0.5, 0.6) is 0 Å². The standard InChI is InChI=1S/C6H10O4/c1-3(5(7)8)4(2)6(9)10/h3-4H,1-2H3,(H,7,8)(H,9,10)/t3-,4-/m1/s1. The van der Waals surface area contributed by atoms with Gasteiger partial charge < -0.3 is 10.2 Å². The highest BCUT2D eigenvalue weighted by Gasteiger charge is 2.24. The van der Waals surface area contributed by atoms with Gasteiger partial charge in [0.25, 0.3) is 0 Å². The number of rotatable bonds is 3. The van der Waals surface area contributed by atoms with Gasteiger partial charge in [-0.05, 0) is 0 Å². The summed E-state index contributed by atoms with van der Waals surface area (Å²) >= 11 is 0. The summed E-state index contributed by atoms with van der Waals surface area (Å²) < 4.78 is 0. The summed E-state index contributed by atoms with van der Waals surface area (Å²) in [5, 5.41) is 16.7. The summed E-state index contributed by atoms with van der Waals surface area (Å²) in [6.07, 6.45) is 0. The van der Waals surface area contributed by atoms with E-state index in [2.05, 4.69) is 0 Å². The molecule has 0 heterocycles. The summed E-state index contributed by atoms with van der Waals surface area (Å²) in [6, 6.07) is 0. The number of carboxylic acids is 2. The molecule has 4 nitrogen and oxygen atoms in total. The zero-order valence-electron chi connectivity index (χ0n) is 5.87. The van der Waals surface area contributed by atoms with Gasteiger partial charge in [0.05, 0.1) is 11.8 Å². The van der Waals surface area contributed by atoms with Gasteiger partial charge in [-0.25, -0.2) is 0 Å². The van der Waals surface area contributed by atoms with Crippen LogP contribution in [0.3, 0.4) is 0 Å². The number of carbonyl (C=O) groups is 2. The lowest BCUT2D eigenvalue weighted by molar-refractivity contribution is -0.152. The number of hydrogen-bond donors (Lipinski definition) is 2. The van der Waals surface area contributed by atoms with Crippen LogP contribution in [0.1, 0.15) is 13.8 Å². The van der Waals surface area contributed by atoms with E-state index in [0.717, 1.165) is 0 Å². The van der Waals surface area contributed by atoms with Crippen molar-refractivity contribution in [3.8, 4) is 0 Å². The Morgan fingerprint density at radius 2 is 1.20 bits per heavy atom. The molecule has 0 aromatic rings. The molecule has 0 aliphatic carbocycles. The van der Waals surface area contributed by atoms with Gasteiger partial charge in [0, 0.05) is 0 Å². The summed E-state index contributed by atoms with van der Waals surface area (Å²) in [6.45, 7) is 2.75. The third-order valence-electron chi connectivity index (χ3n) is 1.53. The molecule has 2 N–H and O–H groups in total. The molecule has 0 rings (SSSR count). The van der Waals surface area contributed by atoms with Crippen molar-refractivity contribution in [2.24, 2.45) is 11.8 Å². The van der Waals surface area contributed by atoms with Crippen LogP contribution in [0, 0.1) is 11.8 Å². The highest BCUT2D eigenvalue weighted by Crippen LogP contribution is 2.10. The van der Waals surface area contributed by atoms with Crippen molar-refractivity contribution in [2.75, 3.05) is 0 Å². The maximum Gasteiger partial charge on any atom is 0.307 e. The maximum atomic E-state index is 10.2. The van der Waals surface area contributed by atoms with E-state index < -0.39 is 23.8 Å². The Labute approximate surface area is 58.5 Å². The molecule has 58 valence electrons. The van der Waals surface area contributed by atoms with Crippen molar-refractivity contribution in [1.82, 2.24) is 0 Å². The molecule has 4 heteroatoms. The molecule has 0 radical (unpaired) electrons. The summed E-state index contributed by atoms with van der Waals surface area (Å²) in [4.78, 5) is 20.4. The van der Waals surface area contributed by atoms with E-state index in [0.29, 0.717) is 0 Å². The van der Waals surface area contributed by atoms with Crippen LogP contribution in [0.25, 0.3) is 0 Å². The number of hydrogen-bond acceptors (Lipinski definition) is 2. The molecule has 0 aromatic heterocycles. The van der Waals surface area contributed by atoms with E-state index in [-0.39, 0.29) is 0 Å². The van der Waals surface area contributed by atoms with Crippen LogP contribution in [0.2, 0.25) is 0 Å². The predicted octanol–water partition coefficient (Wildman–Crippen LogP) is 0.428. The molecule has 0 unspecified atom stereocenters. The lowest BCUT2D eigenvalue weighted by Crippen LogP contribution is -2.24. The van der Waals surface area contributed by atoms with Gasteiger partial charge in [0.1, 0.15) is 0 Å². The fourth-order valence-corrected chi connectivity index (χ4v) is 0.428.